The lowest BCUT2D eigenvalue weighted by molar-refractivity contribution is 0.103. The molecule has 0 unspecified atom stereocenters. The first-order chi connectivity index (χ1) is 7.81. The van der Waals surface area contributed by atoms with Crippen molar-refractivity contribution >= 4 is 11.9 Å². The summed E-state index contributed by atoms with van der Waals surface area (Å²) in [5.41, 5.74) is 0.699. The van der Waals surface area contributed by atoms with Crippen LogP contribution in [0.4, 0.5) is 0 Å². The van der Waals surface area contributed by atoms with E-state index in [-0.39, 0.29) is 5.78 Å². The van der Waals surface area contributed by atoms with Crippen molar-refractivity contribution in [2.45, 2.75) is 13.5 Å². The highest BCUT2D eigenvalue weighted by Crippen LogP contribution is 2.07. The molecule has 82 valence electrons. The highest BCUT2D eigenvalue weighted by molar-refractivity contribution is 6.05. The summed E-state index contributed by atoms with van der Waals surface area (Å²) in [5, 5.41) is 0. The quantitative estimate of drug-likeness (QED) is 0.580. The number of furan rings is 1. The van der Waals surface area contributed by atoms with E-state index in [9.17, 15) is 4.79 Å². The molecule has 0 bridgehead atoms. The minimum atomic E-state index is -0.0109. The molecule has 2 heterocycles. The van der Waals surface area contributed by atoms with Gasteiger partial charge in [0.25, 0.3) is 0 Å². The molecule has 3 heteroatoms. The third-order valence-electron chi connectivity index (χ3n) is 2.36. The molecule has 0 aliphatic carbocycles. The van der Waals surface area contributed by atoms with Gasteiger partial charge in [0.15, 0.2) is 0 Å². The number of hydrogen-bond donors (Lipinski definition) is 0. The fourth-order valence-corrected chi connectivity index (χ4v) is 1.54. The lowest BCUT2D eigenvalue weighted by atomic mass is 10.2. The summed E-state index contributed by atoms with van der Waals surface area (Å²) in [7, 11) is 0. The summed E-state index contributed by atoms with van der Waals surface area (Å²) in [6, 6.07) is 7.29. The summed E-state index contributed by atoms with van der Waals surface area (Å²) >= 11 is 0. The maximum atomic E-state index is 11.8. The zero-order valence-electron chi connectivity index (χ0n) is 9.09. The molecule has 0 aliphatic rings. The topological polar surface area (TPSA) is 35.1 Å². The van der Waals surface area contributed by atoms with E-state index >= 15 is 0 Å². The molecule has 0 amide bonds. The first kappa shape index (κ1) is 10.5. The number of hydrogen-bond acceptors (Lipinski definition) is 2. The number of aryl methyl sites for hydroxylation is 1. The Morgan fingerprint density at radius 3 is 3.00 bits per heavy atom. The molecule has 0 saturated carbocycles. The van der Waals surface area contributed by atoms with Crippen LogP contribution in [0.15, 0.2) is 47.2 Å². The van der Waals surface area contributed by atoms with E-state index in [1.807, 2.05) is 35.9 Å². The Labute approximate surface area is 94.0 Å². The number of nitrogens with zero attached hydrogens (tertiary/aromatic N) is 1. The fourth-order valence-electron chi connectivity index (χ4n) is 1.54. The van der Waals surface area contributed by atoms with Crippen molar-refractivity contribution in [1.82, 2.24) is 4.57 Å². The molecule has 2 rings (SSSR count). The average Bonchev–Trinajstić information content (AvgIpc) is 2.96. The van der Waals surface area contributed by atoms with E-state index in [2.05, 4.69) is 0 Å². The number of carbonyl (C=O) groups is 1. The molecule has 16 heavy (non-hydrogen) atoms. The maximum absolute atomic E-state index is 11.8. The molecular formula is C13H13NO2. The van der Waals surface area contributed by atoms with Crippen molar-refractivity contribution < 1.29 is 9.21 Å². The molecule has 0 N–H and O–H groups in total. The molecule has 2 aromatic heterocycles. The van der Waals surface area contributed by atoms with E-state index in [0.29, 0.717) is 11.5 Å². The Morgan fingerprint density at radius 1 is 1.44 bits per heavy atom. The van der Waals surface area contributed by atoms with E-state index in [1.54, 1.807) is 18.4 Å². The number of ketones is 1. The van der Waals surface area contributed by atoms with Crippen LogP contribution in [-0.4, -0.2) is 10.4 Å². The molecule has 0 aliphatic heterocycles. The van der Waals surface area contributed by atoms with Crippen LogP contribution in [0.2, 0.25) is 0 Å². The predicted molar refractivity (Wildman–Crippen MR) is 62.2 cm³/mol. The number of rotatable bonds is 4. The zero-order chi connectivity index (χ0) is 11.4. The van der Waals surface area contributed by atoms with Gasteiger partial charge < -0.3 is 8.98 Å². The second-order valence-corrected chi connectivity index (χ2v) is 3.39. The molecule has 0 aromatic carbocycles. The highest BCUT2D eigenvalue weighted by atomic mass is 16.3. The Balaban J connectivity index is 2.14. The van der Waals surface area contributed by atoms with Gasteiger partial charge in [0.1, 0.15) is 5.76 Å². The summed E-state index contributed by atoms with van der Waals surface area (Å²) in [5.74, 6) is 0.672. The molecule has 0 radical (unpaired) electrons. The van der Waals surface area contributed by atoms with Crippen LogP contribution in [0, 0.1) is 0 Å². The van der Waals surface area contributed by atoms with Gasteiger partial charge in [-0.2, -0.15) is 0 Å². The Bertz CT molecular complexity index is 492. The smallest absolute Gasteiger partial charge is 0.202 e. The van der Waals surface area contributed by atoms with Crippen molar-refractivity contribution in [1.29, 1.82) is 0 Å². The van der Waals surface area contributed by atoms with Gasteiger partial charge in [-0.1, -0.05) is 0 Å². The summed E-state index contributed by atoms with van der Waals surface area (Å²) in [6.45, 7) is 2.80. The molecule has 2 aromatic rings. The van der Waals surface area contributed by atoms with Crippen LogP contribution < -0.4 is 0 Å². The van der Waals surface area contributed by atoms with E-state index < -0.39 is 0 Å². The molecule has 0 spiro atoms. The van der Waals surface area contributed by atoms with E-state index in [4.69, 9.17) is 4.42 Å². The Morgan fingerprint density at radius 2 is 2.31 bits per heavy atom. The molecule has 3 nitrogen and oxygen atoms in total. The SMILES string of the molecule is CCn1cccc1C(=O)/C=C/c1ccco1. The van der Waals surface area contributed by atoms with E-state index in [1.165, 1.54) is 6.08 Å². The molecular weight excluding hydrogens is 202 g/mol. The third-order valence-corrected chi connectivity index (χ3v) is 2.36. The van der Waals surface area contributed by atoms with Crippen LogP contribution in [0.3, 0.4) is 0 Å². The van der Waals surface area contributed by atoms with Crippen LogP contribution >= 0.6 is 0 Å². The summed E-state index contributed by atoms with van der Waals surface area (Å²) in [4.78, 5) is 11.8. The van der Waals surface area contributed by atoms with Crippen molar-refractivity contribution in [2.75, 3.05) is 0 Å². The first-order valence-electron chi connectivity index (χ1n) is 5.22. The van der Waals surface area contributed by atoms with Gasteiger partial charge in [-0.25, -0.2) is 0 Å². The summed E-state index contributed by atoms with van der Waals surface area (Å²) < 4.78 is 7.02. The van der Waals surface area contributed by atoms with Crippen LogP contribution in [-0.2, 0) is 6.54 Å². The Hall–Kier alpha value is -2.03. The van der Waals surface area contributed by atoms with Crippen LogP contribution in [0.5, 0.6) is 0 Å². The van der Waals surface area contributed by atoms with Gasteiger partial charge in [-0.3, -0.25) is 4.79 Å². The molecule has 0 saturated heterocycles. The fraction of sp³-hybridized carbons (Fsp3) is 0.154. The largest absolute Gasteiger partial charge is 0.465 e. The predicted octanol–water partition coefficient (Wildman–Crippen LogP) is 3.00. The maximum Gasteiger partial charge on any atom is 0.202 e. The lowest BCUT2D eigenvalue weighted by Gasteiger charge is -2.01. The Kier molecular flexibility index (Phi) is 3.05. The number of aromatic nitrogens is 1. The van der Waals surface area contributed by atoms with Gasteiger partial charge in [-0.15, -0.1) is 0 Å². The second kappa shape index (κ2) is 4.66. The minimum absolute atomic E-state index is 0.0109. The van der Waals surface area contributed by atoms with Crippen LogP contribution in [0.25, 0.3) is 6.08 Å². The van der Waals surface area contributed by atoms with Crippen LogP contribution in [0.1, 0.15) is 23.2 Å². The molecule has 0 atom stereocenters. The van der Waals surface area contributed by atoms with Gasteiger partial charge in [0.2, 0.25) is 5.78 Å². The van der Waals surface area contributed by atoms with Crippen molar-refractivity contribution in [2.24, 2.45) is 0 Å². The van der Waals surface area contributed by atoms with Crippen molar-refractivity contribution in [3.63, 3.8) is 0 Å². The third kappa shape index (κ3) is 2.14. The van der Waals surface area contributed by atoms with E-state index in [0.717, 1.165) is 6.54 Å². The second-order valence-electron chi connectivity index (χ2n) is 3.39. The summed E-state index contributed by atoms with van der Waals surface area (Å²) in [6.07, 6.45) is 6.68. The number of allylic oxidation sites excluding steroid dienone is 1. The average molecular weight is 215 g/mol. The van der Waals surface area contributed by atoms with Gasteiger partial charge in [0, 0.05) is 12.7 Å². The molecule has 0 fully saturated rings. The normalized spacial score (nSPS) is 11.1. The van der Waals surface area contributed by atoms with Gasteiger partial charge in [0.05, 0.1) is 12.0 Å². The minimum Gasteiger partial charge on any atom is -0.465 e. The highest BCUT2D eigenvalue weighted by Gasteiger charge is 2.06. The zero-order valence-corrected chi connectivity index (χ0v) is 9.09. The monoisotopic (exact) mass is 215 g/mol. The number of carbonyl (C=O) groups excluding carboxylic acids is 1. The first-order valence-corrected chi connectivity index (χ1v) is 5.22. The van der Waals surface area contributed by atoms with Crippen molar-refractivity contribution in [3.05, 3.63) is 54.3 Å². The van der Waals surface area contributed by atoms with Gasteiger partial charge in [-0.05, 0) is 43.3 Å². The lowest BCUT2D eigenvalue weighted by Crippen LogP contribution is -2.04. The van der Waals surface area contributed by atoms with Gasteiger partial charge >= 0.3 is 0 Å². The standard InChI is InChI=1S/C13H13NO2/c1-2-14-9-3-6-12(14)13(15)8-7-11-5-4-10-16-11/h3-10H,2H2,1H3/b8-7+. The van der Waals surface area contributed by atoms with Crippen molar-refractivity contribution in [3.8, 4) is 0 Å².